The molecule has 0 bridgehead atoms. The van der Waals surface area contributed by atoms with Crippen LogP contribution in [-0.2, 0) is 0 Å². The van der Waals surface area contributed by atoms with Gasteiger partial charge in [0.05, 0.1) is 16.3 Å². The smallest absolute Gasteiger partial charge is 0.199 e. The zero-order valence-corrected chi connectivity index (χ0v) is 10.6. The van der Waals surface area contributed by atoms with Crippen molar-refractivity contribution in [2.24, 2.45) is 0 Å². The third-order valence-corrected chi connectivity index (χ3v) is 3.21. The number of aliphatic hydroxyl groups excluding tert-OH is 1. The van der Waals surface area contributed by atoms with E-state index >= 15 is 0 Å². The lowest BCUT2D eigenvalue weighted by atomic mass is 10.0. The molecular weight excluding hydrogens is 317 g/mol. The second-order valence-corrected chi connectivity index (χ2v) is 4.51. The fraction of sp³-hybridized carbons (Fsp3) is 0.0909. The van der Waals surface area contributed by atoms with Gasteiger partial charge in [0, 0.05) is 5.56 Å². The van der Waals surface area contributed by atoms with Gasteiger partial charge in [-0.3, -0.25) is 0 Å². The Morgan fingerprint density at radius 1 is 1.29 bits per heavy atom. The zero-order chi connectivity index (χ0) is 12.6. The van der Waals surface area contributed by atoms with Gasteiger partial charge < -0.3 is 9.52 Å². The van der Waals surface area contributed by atoms with Crippen LogP contribution in [0, 0.1) is 11.6 Å². The number of aliphatic hydroxyl groups is 1. The summed E-state index contributed by atoms with van der Waals surface area (Å²) < 4.78 is 32.1. The summed E-state index contributed by atoms with van der Waals surface area (Å²) in [5.74, 6) is -1.72. The molecule has 1 N–H and O–H groups in total. The number of hydrogen-bond acceptors (Lipinski definition) is 2. The minimum absolute atomic E-state index is 0.0626. The maximum absolute atomic E-state index is 13.7. The highest BCUT2D eigenvalue weighted by Gasteiger charge is 2.24. The number of halogens is 4. The maximum Gasteiger partial charge on any atom is 0.199 e. The van der Waals surface area contributed by atoms with Crippen LogP contribution in [0.25, 0.3) is 0 Å². The van der Waals surface area contributed by atoms with Crippen LogP contribution in [0.3, 0.4) is 0 Å². The molecule has 1 unspecified atom stereocenters. The number of furan rings is 1. The third-order valence-electron chi connectivity index (χ3n) is 2.29. The zero-order valence-electron chi connectivity index (χ0n) is 8.25. The summed E-state index contributed by atoms with van der Waals surface area (Å²) in [5.41, 5.74) is -0.356. The SMILES string of the molecule is OC(c1ccoc1Cl)c1c(F)ccc(Br)c1F. The van der Waals surface area contributed by atoms with Crippen molar-refractivity contribution in [2.75, 3.05) is 0 Å². The third kappa shape index (κ3) is 2.22. The van der Waals surface area contributed by atoms with Crippen molar-refractivity contribution in [3.63, 3.8) is 0 Å². The normalized spacial score (nSPS) is 12.8. The van der Waals surface area contributed by atoms with Crippen LogP contribution in [0.4, 0.5) is 8.78 Å². The second kappa shape index (κ2) is 4.76. The van der Waals surface area contributed by atoms with Gasteiger partial charge in [-0.1, -0.05) is 0 Å². The highest BCUT2D eigenvalue weighted by atomic mass is 79.9. The molecule has 1 atom stereocenters. The Balaban J connectivity index is 2.55. The Kier molecular flexibility index (Phi) is 3.51. The molecule has 0 saturated heterocycles. The summed E-state index contributed by atoms with van der Waals surface area (Å²) in [7, 11) is 0. The first kappa shape index (κ1) is 12.5. The molecule has 0 aliphatic rings. The molecule has 90 valence electrons. The predicted molar refractivity (Wildman–Crippen MR) is 61.8 cm³/mol. The lowest BCUT2D eigenvalue weighted by Crippen LogP contribution is -2.06. The van der Waals surface area contributed by atoms with Crippen LogP contribution in [-0.4, -0.2) is 5.11 Å². The van der Waals surface area contributed by atoms with Gasteiger partial charge in [-0.15, -0.1) is 0 Å². The van der Waals surface area contributed by atoms with Crippen LogP contribution < -0.4 is 0 Å². The predicted octanol–water partition coefficient (Wildman–Crippen LogP) is 4.06. The molecule has 0 fully saturated rings. The first-order chi connectivity index (χ1) is 8.02. The summed E-state index contributed by atoms with van der Waals surface area (Å²) in [6.07, 6.45) is -0.284. The van der Waals surface area contributed by atoms with Crippen molar-refractivity contribution in [3.05, 3.63) is 56.9 Å². The topological polar surface area (TPSA) is 33.4 Å². The molecule has 2 nitrogen and oxygen atoms in total. The van der Waals surface area contributed by atoms with Crippen molar-refractivity contribution >= 4 is 27.5 Å². The largest absolute Gasteiger partial charge is 0.453 e. The summed E-state index contributed by atoms with van der Waals surface area (Å²) in [4.78, 5) is 0. The van der Waals surface area contributed by atoms with Gasteiger partial charge in [0.15, 0.2) is 5.22 Å². The minimum Gasteiger partial charge on any atom is -0.453 e. The molecule has 0 amide bonds. The lowest BCUT2D eigenvalue weighted by Gasteiger charge is -2.12. The monoisotopic (exact) mass is 322 g/mol. The van der Waals surface area contributed by atoms with Gasteiger partial charge in [0.1, 0.15) is 17.7 Å². The Morgan fingerprint density at radius 2 is 2.00 bits per heavy atom. The molecule has 1 heterocycles. The summed E-state index contributed by atoms with van der Waals surface area (Å²) >= 11 is 8.57. The molecule has 2 rings (SSSR count). The van der Waals surface area contributed by atoms with E-state index in [-0.39, 0.29) is 15.3 Å². The molecule has 2 aromatic rings. The fourth-order valence-corrected chi connectivity index (χ4v) is 2.01. The summed E-state index contributed by atoms with van der Waals surface area (Å²) in [5, 5.41) is 9.80. The average molecular weight is 324 g/mol. The van der Waals surface area contributed by atoms with E-state index in [0.29, 0.717) is 0 Å². The highest BCUT2D eigenvalue weighted by molar-refractivity contribution is 9.10. The number of rotatable bonds is 2. The Bertz CT molecular complexity index is 556. The molecular formula is C11H6BrClF2O2. The molecule has 1 aromatic carbocycles. The van der Waals surface area contributed by atoms with Crippen molar-refractivity contribution in [1.82, 2.24) is 0 Å². The van der Waals surface area contributed by atoms with Crippen LogP contribution in [0.5, 0.6) is 0 Å². The second-order valence-electron chi connectivity index (χ2n) is 3.31. The van der Waals surface area contributed by atoms with E-state index < -0.39 is 23.3 Å². The van der Waals surface area contributed by atoms with Crippen molar-refractivity contribution in [2.45, 2.75) is 6.10 Å². The Labute approximate surface area is 109 Å². The number of benzene rings is 1. The van der Waals surface area contributed by atoms with Gasteiger partial charge in [0.2, 0.25) is 0 Å². The first-order valence-corrected chi connectivity index (χ1v) is 5.73. The van der Waals surface area contributed by atoms with E-state index in [4.69, 9.17) is 16.0 Å². The summed E-state index contributed by atoms with van der Waals surface area (Å²) in [6, 6.07) is 3.63. The van der Waals surface area contributed by atoms with Gasteiger partial charge in [-0.25, -0.2) is 8.78 Å². The maximum atomic E-state index is 13.7. The standard InChI is InChI=1S/C11H6BrClF2O2/c12-6-1-2-7(14)8(9(6)15)10(16)5-3-4-17-11(5)13/h1-4,10,16H. The van der Waals surface area contributed by atoms with Crippen molar-refractivity contribution in [3.8, 4) is 0 Å². The van der Waals surface area contributed by atoms with Crippen LogP contribution in [0.15, 0.2) is 33.4 Å². The average Bonchev–Trinajstić information content (AvgIpc) is 2.70. The van der Waals surface area contributed by atoms with Crippen LogP contribution in [0.2, 0.25) is 5.22 Å². The minimum atomic E-state index is -1.52. The van der Waals surface area contributed by atoms with Crippen LogP contribution in [0.1, 0.15) is 17.2 Å². The highest BCUT2D eigenvalue weighted by Crippen LogP contribution is 2.34. The van der Waals surface area contributed by atoms with E-state index in [9.17, 15) is 13.9 Å². The Hall–Kier alpha value is -0.910. The fourth-order valence-electron chi connectivity index (χ4n) is 1.45. The lowest BCUT2D eigenvalue weighted by molar-refractivity contribution is 0.208. The molecule has 17 heavy (non-hydrogen) atoms. The first-order valence-electron chi connectivity index (χ1n) is 4.56. The molecule has 0 radical (unpaired) electrons. The van der Waals surface area contributed by atoms with Gasteiger partial charge in [0.25, 0.3) is 0 Å². The van der Waals surface area contributed by atoms with E-state index in [1.807, 2.05) is 0 Å². The van der Waals surface area contributed by atoms with Crippen molar-refractivity contribution < 1.29 is 18.3 Å². The quantitative estimate of drug-likeness (QED) is 0.846. The van der Waals surface area contributed by atoms with Gasteiger partial charge in [-0.05, 0) is 45.7 Å². The molecule has 6 heteroatoms. The Morgan fingerprint density at radius 3 is 2.59 bits per heavy atom. The molecule has 0 spiro atoms. The molecule has 1 aromatic heterocycles. The van der Waals surface area contributed by atoms with E-state index in [0.717, 1.165) is 6.07 Å². The molecule has 0 aliphatic carbocycles. The van der Waals surface area contributed by atoms with Gasteiger partial charge in [-0.2, -0.15) is 0 Å². The number of hydrogen-bond donors (Lipinski definition) is 1. The summed E-state index contributed by atoms with van der Waals surface area (Å²) in [6.45, 7) is 0. The molecule has 0 saturated carbocycles. The molecule has 0 aliphatic heterocycles. The van der Waals surface area contributed by atoms with E-state index in [1.54, 1.807) is 0 Å². The van der Waals surface area contributed by atoms with Crippen molar-refractivity contribution in [1.29, 1.82) is 0 Å². The van der Waals surface area contributed by atoms with E-state index in [2.05, 4.69) is 15.9 Å². The van der Waals surface area contributed by atoms with Crippen LogP contribution >= 0.6 is 27.5 Å². The van der Waals surface area contributed by atoms with E-state index in [1.165, 1.54) is 18.4 Å². The van der Waals surface area contributed by atoms with Gasteiger partial charge >= 0.3 is 0 Å².